The van der Waals surface area contributed by atoms with E-state index < -0.39 is 45.5 Å². The lowest BCUT2D eigenvalue weighted by Crippen LogP contribution is -2.22. The van der Waals surface area contributed by atoms with Crippen molar-refractivity contribution >= 4 is 22.7 Å². The molecule has 1 aromatic rings. The van der Waals surface area contributed by atoms with E-state index in [2.05, 4.69) is 9.72 Å². The molecule has 0 aliphatic carbocycles. The second-order valence-corrected chi connectivity index (χ2v) is 3.62. The van der Waals surface area contributed by atoms with Crippen molar-refractivity contribution < 1.29 is 40.8 Å². The highest BCUT2D eigenvalue weighted by molar-refractivity contribution is 6.67. The molecule has 0 aliphatic heterocycles. The third kappa shape index (κ3) is 4.18. The van der Waals surface area contributed by atoms with Crippen molar-refractivity contribution in [2.75, 3.05) is 0 Å². The maximum absolute atomic E-state index is 12.7. The van der Waals surface area contributed by atoms with Crippen molar-refractivity contribution in [3.8, 4) is 5.75 Å². The molecule has 0 saturated carbocycles. The highest BCUT2D eigenvalue weighted by Crippen LogP contribution is 2.43. The molecule has 0 radical (unpaired) electrons. The first-order chi connectivity index (χ1) is 9.33. The number of carbonyl (C=O) groups excluding carboxylic acids is 1. The molecule has 0 spiro atoms. The molecule has 6 nitrogen and oxygen atoms in total. The lowest BCUT2D eigenvalue weighted by molar-refractivity contribution is -0.393. The lowest BCUT2D eigenvalue weighted by atomic mass is 10.2. The van der Waals surface area contributed by atoms with Crippen LogP contribution in [-0.4, -0.2) is 21.5 Å². The zero-order valence-corrected chi connectivity index (χ0v) is 10.0. The van der Waals surface area contributed by atoms with Crippen LogP contribution >= 0.6 is 11.6 Å². The molecule has 13 heteroatoms. The smallest absolute Gasteiger partial charge is 0.405 e. The second kappa shape index (κ2) is 5.35. The van der Waals surface area contributed by atoms with E-state index >= 15 is 0 Å². The van der Waals surface area contributed by atoms with E-state index in [1.807, 2.05) is 0 Å². The number of carbonyl (C=O) groups is 1. The number of nitrogens with zero attached hydrogens (tertiary/aromatic N) is 2. The molecular formula is C8HClF6N2O4. The van der Waals surface area contributed by atoms with E-state index in [1.54, 1.807) is 0 Å². The predicted molar refractivity (Wildman–Crippen MR) is 52.8 cm³/mol. The van der Waals surface area contributed by atoms with Gasteiger partial charge in [0.2, 0.25) is 5.69 Å². The summed E-state index contributed by atoms with van der Waals surface area (Å²) in [7, 11) is 0. The second-order valence-electron chi connectivity index (χ2n) is 3.28. The van der Waals surface area contributed by atoms with Crippen LogP contribution in [-0.2, 0) is 6.18 Å². The van der Waals surface area contributed by atoms with Crippen LogP contribution in [0.1, 0.15) is 16.1 Å². The topological polar surface area (TPSA) is 82.3 Å². The maximum Gasteiger partial charge on any atom is 0.573 e. The summed E-state index contributed by atoms with van der Waals surface area (Å²) < 4.78 is 77.3. The molecule has 0 saturated heterocycles. The Bertz CT molecular complexity index is 600. The van der Waals surface area contributed by atoms with Crippen molar-refractivity contribution in [3.63, 3.8) is 0 Å². The molecule has 21 heavy (non-hydrogen) atoms. The van der Waals surface area contributed by atoms with E-state index in [9.17, 15) is 41.3 Å². The SMILES string of the molecule is O=C(Cl)c1cc(OC(F)(F)F)c(C(F)(F)F)c([N+](=O)[O-])n1. The van der Waals surface area contributed by atoms with Gasteiger partial charge in [-0.2, -0.15) is 13.2 Å². The fraction of sp³-hybridized carbons (Fsp3) is 0.250. The van der Waals surface area contributed by atoms with E-state index in [1.165, 1.54) is 0 Å². The Morgan fingerprint density at radius 2 is 1.81 bits per heavy atom. The number of aromatic nitrogens is 1. The van der Waals surface area contributed by atoms with E-state index in [0.29, 0.717) is 0 Å². The summed E-state index contributed by atoms with van der Waals surface area (Å²) in [6, 6.07) is -0.0847. The summed E-state index contributed by atoms with van der Waals surface area (Å²) >= 11 is 4.85. The van der Waals surface area contributed by atoms with Gasteiger partial charge in [-0.05, 0) is 21.5 Å². The molecule has 0 fully saturated rings. The zero-order chi connectivity index (χ0) is 16.6. The third-order valence-electron chi connectivity index (χ3n) is 1.85. The Labute approximate surface area is 115 Å². The first-order valence-corrected chi connectivity index (χ1v) is 4.93. The van der Waals surface area contributed by atoms with Crippen LogP contribution in [0.2, 0.25) is 0 Å². The number of nitro groups is 1. The molecule has 1 heterocycles. The first kappa shape index (κ1) is 16.9. The van der Waals surface area contributed by atoms with Gasteiger partial charge in [-0.25, -0.2) is 0 Å². The summed E-state index contributed by atoms with van der Waals surface area (Å²) in [6.07, 6.45) is -11.2. The van der Waals surface area contributed by atoms with Gasteiger partial charge in [0.25, 0.3) is 5.24 Å². The molecule has 1 rings (SSSR count). The fourth-order valence-electron chi connectivity index (χ4n) is 1.21. The average Bonchev–Trinajstić information content (AvgIpc) is 2.23. The Hall–Kier alpha value is -2.11. The highest BCUT2D eigenvalue weighted by Gasteiger charge is 2.47. The third-order valence-corrected chi connectivity index (χ3v) is 2.04. The molecule has 1 aromatic heterocycles. The molecule has 0 aromatic carbocycles. The number of pyridine rings is 1. The van der Waals surface area contributed by atoms with Crippen molar-refractivity contribution in [2.45, 2.75) is 12.5 Å². The van der Waals surface area contributed by atoms with E-state index in [-0.39, 0.29) is 6.07 Å². The van der Waals surface area contributed by atoms with Gasteiger partial charge in [-0.3, -0.25) is 4.79 Å². The Balaban J connectivity index is 3.71. The molecule has 0 N–H and O–H groups in total. The van der Waals surface area contributed by atoms with Gasteiger partial charge in [0.15, 0.2) is 11.3 Å². The number of hydrogen-bond donors (Lipinski definition) is 0. The minimum absolute atomic E-state index is 0.0847. The van der Waals surface area contributed by atoms with Crippen LogP contribution in [0.4, 0.5) is 32.2 Å². The lowest BCUT2D eigenvalue weighted by Gasteiger charge is -2.14. The highest BCUT2D eigenvalue weighted by atomic mass is 35.5. The van der Waals surface area contributed by atoms with Crippen molar-refractivity contribution in [1.82, 2.24) is 4.98 Å². The summed E-state index contributed by atoms with van der Waals surface area (Å²) in [4.78, 5) is 22.2. The van der Waals surface area contributed by atoms with Crippen molar-refractivity contribution in [3.05, 3.63) is 27.4 Å². The summed E-state index contributed by atoms with van der Waals surface area (Å²) in [5, 5.41) is 8.91. The molecule has 116 valence electrons. The van der Waals surface area contributed by atoms with Crippen LogP contribution in [0, 0.1) is 10.1 Å². The molecule has 0 aliphatic rings. The Morgan fingerprint density at radius 1 is 1.29 bits per heavy atom. The predicted octanol–water partition coefficient (Wildman–Crippen LogP) is 3.29. The van der Waals surface area contributed by atoms with Crippen molar-refractivity contribution in [2.24, 2.45) is 0 Å². The standard InChI is InChI=1S/C8HClF6N2O4/c9-5(18)2-1-3(21-8(13,14)15)4(7(10,11)12)6(16-2)17(19)20/h1H. The fourth-order valence-corrected chi connectivity index (χ4v) is 1.31. The van der Waals surface area contributed by atoms with Gasteiger partial charge in [-0.15, -0.1) is 13.2 Å². The Kier molecular flexibility index (Phi) is 4.32. The molecular weight excluding hydrogens is 338 g/mol. The molecule has 0 atom stereocenters. The van der Waals surface area contributed by atoms with Gasteiger partial charge in [0, 0.05) is 6.07 Å². The summed E-state index contributed by atoms with van der Waals surface area (Å²) in [5.74, 6) is -4.03. The quantitative estimate of drug-likeness (QED) is 0.365. The van der Waals surface area contributed by atoms with E-state index in [4.69, 9.17) is 11.6 Å². The molecule has 0 bridgehead atoms. The zero-order valence-electron chi connectivity index (χ0n) is 9.25. The van der Waals surface area contributed by atoms with Gasteiger partial charge in [-0.1, -0.05) is 0 Å². The monoisotopic (exact) mass is 338 g/mol. The van der Waals surface area contributed by atoms with Crippen molar-refractivity contribution in [1.29, 1.82) is 0 Å². The summed E-state index contributed by atoms with van der Waals surface area (Å²) in [5.41, 5.74) is -3.58. The average molecular weight is 339 g/mol. The van der Waals surface area contributed by atoms with Crippen LogP contribution in [0.3, 0.4) is 0 Å². The normalized spacial score (nSPS) is 12.1. The van der Waals surface area contributed by atoms with Gasteiger partial charge < -0.3 is 14.9 Å². The van der Waals surface area contributed by atoms with Crippen LogP contribution in [0.5, 0.6) is 5.75 Å². The number of halogens is 7. The number of alkyl halides is 6. The van der Waals surface area contributed by atoms with Gasteiger partial charge in [0.1, 0.15) is 0 Å². The minimum Gasteiger partial charge on any atom is -0.405 e. The number of hydrogen-bond acceptors (Lipinski definition) is 5. The van der Waals surface area contributed by atoms with Gasteiger partial charge >= 0.3 is 18.4 Å². The number of ether oxygens (including phenoxy) is 1. The largest absolute Gasteiger partial charge is 0.573 e. The first-order valence-electron chi connectivity index (χ1n) is 4.55. The maximum atomic E-state index is 12.7. The molecule has 0 amide bonds. The van der Waals surface area contributed by atoms with E-state index in [0.717, 1.165) is 0 Å². The number of rotatable bonds is 3. The Morgan fingerprint density at radius 3 is 2.14 bits per heavy atom. The van der Waals surface area contributed by atoms with Crippen LogP contribution < -0.4 is 4.74 Å². The van der Waals surface area contributed by atoms with Crippen LogP contribution in [0.25, 0.3) is 0 Å². The molecule has 0 unspecified atom stereocenters. The summed E-state index contributed by atoms with van der Waals surface area (Å²) in [6.45, 7) is 0. The minimum atomic E-state index is -5.58. The van der Waals surface area contributed by atoms with Crippen LogP contribution in [0.15, 0.2) is 6.07 Å². The van der Waals surface area contributed by atoms with Gasteiger partial charge in [0.05, 0.1) is 0 Å².